The first kappa shape index (κ1) is 13.1. The number of carbonyl (C=O) groups is 1. The monoisotopic (exact) mass is 252 g/mol. The van der Waals surface area contributed by atoms with Crippen molar-refractivity contribution in [1.82, 2.24) is 10.2 Å². The summed E-state index contributed by atoms with van der Waals surface area (Å²) in [5, 5.41) is 3.29. The predicted octanol–water partition coefficient (Wildman–Crippen LogP) is 1.01. The van der Waals surface area contributed by atoms with Gasteiger partial charge in [0.05, 0.1) is 26.0 Å². The third kappa shape index (κ3) is 3.58. The van der Waals surface area contributed by atoms with Gasteiger partial charge in [0.25, 0.3) is 0 Å². The fourth-order valence-electron chi connectivity index (χ4n) is 2.06. The van der Waals surface area contributed by atoms with Crippen molar-refractivity contribution < 1.29 is 13.9 Å². The second-order valence-electron chi connectivity index (χ2n) is 4.42. The van der Waals surface area contributed by atoms with E-state index in [9.17, 15) is 4.79 Å². The fourth-order valence-corrected chi connectivity index (χ4v) is 2.06. The van der Waals surface area contributed by atoms with Gasteiger partial charge in [-0.25, -0.2) is 0 Å². The second-order valence-corrected chi connectivity index (χ2v) is 4.42. The van der Waals surface area contributed by atoms with Crippen LogP contribution in [0.4, 0.5) is 0 Å². The predicted molar refractivity (Wildman–Crippen MR) is 67.0 cm³/mol. The van der Waals surface area contributed by atoms with Crippen LogP contribution in [0.5, 0.6) is 0 Å². The standard InChI is InChI=1S/C13H20N2O3/c1-2-15(9-12-4-3-6-18-12)13(16)8-11-10-17-7-5-14-11/h3-4,6,11,14H,2,5,7-10H2,1H3. The molecule has 2 heterocycles. The van der Waals surface area contributed by atoms with E-state index in [0.29, 0.717) is 26.1 Å². The van der Waals surface area contributed by atoms with E-state index in [0.717, 1.165) is 18.9 Å². The van der Waals surface area contributed by atoms with E-state index in [-0.39, 0.29) is 11.9 Å². The Bertz CT molecular complexity index is 358. The van der Waals surface area contributed by atoms with E-state index in [1.54, 1.807) is 11.2 Å². The first-order valence-corrected chi connectivity index (χ1v) is 6.41. The van der Waals surface area contributed by atoms with Gasteiger partial charge in [-0.15, -0.1) is 0 Å². The molecule has 100 valence electrons. The minimum atomic E-state index is 0.136. The lowest BCUT2D eigenvalue weighted by Crippen LogP contribution is -2.45. The summed E-state index contributed by atoms with van der Waals surface area (Å²) in [6.45, 7) is 5.37. The molecule has 1 N–H and O–H groups in total. The lowest BCUT2D eigenvalue weighted by Gasteiger charge is -2.26. The molecular weight excluding hydrogens is 232 g/mol. The van der Waals surface area contributed by atoms with Crippen molar-refractivity contribution in [1.29, 1.82) is 0 Å². The Balaban J connectivity index is 1.84. The molecule has 2 rings (SSSR count). The molecule has 1 unspecified atom stereocenters. The molecule has 1 aromatic heterocycles. The van der Waals surface area contributed by atoms with E-state index < -0.39 is 0 Å². The summed E-state index contributed by atoms with van der Waals surface area (Å²) in [6.07, 6.45) is 2.11. The van der Waals surface area contributed by atoms with Crippen molar-refractivity contribution in [3.05, 3.63) is 24.2 Å². The van der Waals surface area contributed by atoms with Crippen LogP contribution in [0.2, 0.25) is 0 Å². The summed E-state index contributed by atoms with van der Waals surface area (Å²) in [5.41, 5.74) is 0. The van der Waals surface area contributed by atoms with Crippen LogP contribution in [0.3, 0.4) is 0 Å². The van der Waals surface area contributed by atoms with E-state index in [1.165, 1.54) is 0 Å². The van der Waals surface area contributed by atoms with Gasteiger partial charge >= 0.3 is 0 Å². The van der Waals surface area contributed by atoms with Gasteiger partial charge in [-0.05, 0) is 19.1 Å². The first-order chi connectivity index (χ1) is 8.79. The van der Waals surface area contributed by atoms with Gasteiger partial charge in [-0.3, -0.25) is 4.79 Å². The number of nitrogens with one attached hydrogen (secondary N) is 1. The maximum Gasteiger partial charge on any atom is 0.224 e. The number of hydrogen-bond donors (Lipinski definition) is 1. The lowest BCUT2D eigenvalue weighted by molar-refractivity contribution is -0.133. The lowest BCUT2D eigenvalue weighted by atomic mass is 10.1. The average molecular weight is 252 g/mol. The molecule has 0 aromatic carbocycles. The maximum absolute atomic E-state index is 12.2. The maximum atomic E-state index is 12.2. The number of furan rings is 1. The first-order valence-electron chi connectivity index (χ1n) is 6.41. The smallest absolute Gasteiger partial charge is 0.224 e. The summed E-state index contributed by atoms with van der Waals surface area (Å²) in [7, 11) is 0. The van der Waals surface area contributed by atoms with Crippen LogP contribution < -0.4 is 5.32 Å². The molecule has 0 bridgehead atoms. The molecule has 1 atom stereocenters. The molecule has 0 spiro atoms. The number of hydrogen-bond acceptors (Lipinski definition) is 4. The van der Waals surface area contributed by atoms with Crippen LogP contribution >= 0.6 is 0 Å². The largest absolute Gasteiger partial charge is 0.467 e. The van der Waals surface area contributed by atoms with Crippen molar-refractivity contribution >= 4 is 5.91 Å². The van der Waals surface area contributed by atoms with Crippen molar-refractivity contribution in [2.24, 2.45) is 0 Å². The van der Waals surface area contributed by atoms with Gasteiger partial charge in [0, 0.05) is 25.6 Å². The number of carbonyl (C=O) groups excluding carboxylic acids is 1. The van der Waals surface area contributed by atoms with Gasteiger partial charge in [-0.2, -0.15) is 0 Å². The molecular formula is C13H20N2O3. The molecule has 1 aliphatic heterocycles. The molecule has 1 fully saturated rings. The van der Waals surface area contributed by atoms with Crippen LogP contribution in [0.25, 0.3) is 0 Å². The number of morpholine rings is 1. The van der Waals surface area contributed by atoms with Crippen LogP contribution in [-0.2, 0) is 16.1 Å². The van der Waals surface area contributed by atoms with Gasteiger partial charge < -0.3 is 19.4 Å². The minimum absolute atomic E-state index is 0.136. The Morgan fingerprint density at radius 3 is 3.11 bits per heavy atom. The van der Waals surface area contributed by atoms with E-state index in [2.05, 4.69) is 5.32 Å². The number of amides is 1. The Morgan fingerprint density at radius 1 is 1.61 bits per heavy atom. The van der Waals surface area contributed by atoms with Gasteiger partial charge in [0.1, 0.15) is 5.76 Å². The summed E-state index contributed by atoms with van der Waals surface area (Å²) < 4.78 is 10.6. The van der Waals surface area contributed by atoms with Crippen LogP contribution in [0.1, 0.15) is 19.1 Å². The van der Waals surface area contributed by atoms with Gasteiger partial charge in [0.2, 0.25) is 5.91 Å². The highest BCUT2D eigenvalue weighted by molar-refractivity contribution is 5.76. The van der Waals surface area contributed by atoms with E-state index in [1.807, 2.05) is 19.1 Å². The minimum Gasteiger partial charge on any atom is -0.467 e. The summed E-state index contributed by atoms with van der Waals surface area (Å²) in [6, 6.07) is 3.86. The van der Waals surface area contributed by atoms with Crippen LogP contribution in [0, 0.1) is 0 Å². The second kappa shape index (κ2) is 6.56. The Labute approximate surface area is 107 Å². The molecule has 1 amide bonds. The van der Waals surface area contributed by atoms with Crippen LogP contribution in [0.15, 0.2) is 22.8 Å². The number of nitrogens with zero attached hydrogens (tertiary/aromatic N) is 1. The van der Waals surface area contributed by atoms with E-state index >= 15 is 0 Å². The number of ether oxygens (including phenoxy) is 1. The molecule has 18 heavy (non-hydrogen) atoms. The molecule has 1 aromatic rings. The molecule has 5 heteroatoms. The van der Waals surface area contributed by atoms with Crippen molar-refractivity contribution in [2.45, 2.75) is 25.9 Å². The molecule has 0 aliphatic carbocycles. The van der Waals surface area contributed by atoms with Crippen molar-refractivity contribution in [2.75, 3.05) is 26.3 Å². The number of rotatable bonds is 5. The van der Waals surface area contributed by atoms with Crippen molar-refractivity contribution in [3.63, 3.8) is 0 Å². The third-order valence-corrected chi connectivity index (χ3v) is 3.08. The average Bonchev–Trinajstić information content (AvgIpc) is 2.90. The molecule has 1 saturated heterocycles. The van der Waals surface area contributed by atoms with Gasteiger partial charge in [0.15, 0.2) is 0 Å². The third-order valence-electron chi connectivity index (χ3n) is 3.08. The molecule has 0 radical (unpaired) electrons. The summed E-state index contributed by atoms with van der Waals surface area (Å²) in [4.78, 5) is 14.0. The van der Waals surface area contributed by atoms with Crippen LogP contribution in [-0.4, -0.2) is 43.2 Å². The highest BCUT2D eigenvalue weighted by Crippen LogP contribution is 2.08. The zero-order valence-corrected chi connectivity index (χ0v) is 10.7. The Kier molecular flexibility index (Phi) is 4.78. The highest BCUT2D eigenvalue weighted by Gasteiger charge is 2.20. The molecule has 0 saturated carbocycles. The van der Waals surface area contributed by atoms with Crippen molar-refractivity contribution in [3.8, 4) is 0 Å². The quantitative estimate of drug-likeness (QED) is 0.849. The molecule has 1 aliphatic rings. The molecule has 5 nitrogen and oxygen atoms in total. The SMILES string of the molecule is CCN(Cc1ccco1)C(=O)CC1COCCN1. The highest BCUT2D eigenvalue weighted by atomic mass is 16.5. The normalized spacial score (nSPS) is 19.7. The zero-order valence-electron chi connectivity index (χ0n) is 10.7. The Morgan fingerprint density at radius 2 is 2.50 bits per heavy atom. The summed E-state index contributed by atoms with van der Waals surface area (Å²) in [5.74, 6) is 0.954. The zero-order chi connectivity index (χ0) is 12.8. The van der Waals surface area contributed by atoms with Gasteiger partial charge in [-0.1, -0.05) is 0 Å². The summed E-state index contributed by atoms with van der Waals surface area (Å²) >= 11 is 0. The van der Waals surface area contributed by atoms with E-state index in [4.69, 9.17) is 9.15 Å². The fraction of sp³-hybridized carbons (Fsp3) is 0.615. The Hall–Kier alpha value is -1.33. The topological polar surface area (TPSA) is 54.7 Å².